The number of nitriles is 1. The molecule has 0 atom stereocenters. The third-order valence-corrected chi connectivity index (χ3v) is 4.16. The molecule has 0 radical (unpaired) electrons. The van der Waals surface area contributed by atoms with Crippen LogP contribution in [0.3, 0.4) is 0 Å². The van der Waals surface area contributed by atoms with Crippen LogP contribution in [0.2, 0.25) is 0 Å². The maximum atomic E-state index is 11.8. The highest BCUT2D eigenvalue weighted by atomic mass is 32.2. The summed E-state index contributed by atoms with van der Waals surface area (Å²) >= 11 is 1.61. The van der Waals surface area contributed by atoms with E-state index in [0.717, 1.165) is 11.3 Å². The van der Waals surface area contributed by atoms with E-state index in [4.69, 9.17) is 5.26 Å². The molecular weight excluding hydrogens is 292 g/mol. The number of carbonyl (C=O) groups excluding carboxylic acids is 1. The fourth-order valence-corrected chi connectivity index (χ4v) is 2.82. The van der Waals surface area contributed by atoms with Crippen molar-refractivity contribution >= 4 is 17.7 Å². The fourth-order valence-electron chi connectivity index (χ4n) is 2.01. The molecule has 22 heavy (non-hydrogen) atoms. The van der Waals surface area contributed by atoms with Gasteiger partial charge in [0.15, 0.2) is 0 Å². The monoisotopic (exact) mass is 310 g/mol. The first-order valence-corrected chi connectivity index (χ1v) is 8.22. The molecule has 0 bridgehead atoms. The van der Waals surface area contributed by atoms with Gasteiger partial charge in [-0.3, -0.25) is 4.79 Å². The summed E-state index contributed by atoms with van der Waals surface area (Å²) in [5.74, 6) is 1.32. The topological polar surface area (TPSA) is 52.9 Å². The Hall–Kier alpha value is -2.25. The molecule has 1 amide bonds. The van der Waals surface area contributed by atoms with Gasteiger partial charge in [0.1, 0.15) is 0 Å². The third-order valence-electron chi connectivity index (χ3n) is 3.16. The molecule has 0 saturated heterocycles. The molecule has 0 aromatic heterocycles. The average molecular weight is 310 g/mol. The standard InChI is InChI=1S/C18H18N2OS/c1-14-3-2-4-17(9-14)12-22-13-18(21)20-11-16-7-5-15(10-19)6-8-16/h2-9H,11-13H2,1H3,(H,20,21). The van der Waals surface area contributed by atoms with E-state index < -0.39 is 0 Å². The van der Waals surface area contributed by atoms with Crippen LogP contribution in [0.5, 0.6) is 0 Å². The van der Waals surface area contributed by atoms with Crippen molar-refractivity contribution in [1.82, 2.24) is 5.32 Å². The number of carbonyl (C=O) groups is 1. The normalized spacial score (nSPS) is 10.0. The van der Waals surface area contributed by atoms with Crippen molar-refractivity contribution in [1.29, 1.82) is 5.26 Å². The summed E-state index contributed by atoms with van der Waals surface area (Å²) < 4.78 is 0. The maximum Gasteiger partial charge on any atom is 0.230 e. The summed E-state index contributed by atoms with van der Waals surface area (Å²) in [6, 6.07) is 17.6. The summed E-state index contributed by atoms with van der Waals surface area (Å²) in [4.78, 5) is 11.8. The van der Waals surface area contributed by atoms with Gasteiger partial charge >= 0.3 is 0 Å². The predicted molar refractivity (Wildman–Crippen MR) is 90.3 cm³/mol. The first kappa shape index (κ1) is 16.1. The molecule has 0 spiro atoms. The lowest BCUT2D eigenvalue weighted by atomic mass is 10.1. The van der Waals surface area contributed by atoms with Crippen molar-refractivity contribution in [3.05, 3.63) is 70.8 Å². The molecule has 2 aromatic carbocycles. The number of benzene rings is 2. The number of rotatable bonds is 6. The number of nitrogens with zero attached hydrogens (tertiary/aromatic N) is 1. The zero-order valence-corrected chi connectivity index (χ0v) is 13.3. The number of hydrogen-bond acceptors (Lipinski definition) is 3. The van der Waals surface area contributed by atoms with Gasteiger partial charge in [0.25, 0.3) is 0 Å². The van der Waals surface area contributed by atoms with E-state index in [1.807, 2.05) is 18.2 Å². The van der Waals surface area contributed by atoms with Gasteiger partial charge in [-0.1, -0.05) is 42.0 Å². The molecule has 0 aliphatic carbocycles. The van der Waals surface area contributed by atoms with E-state index in [9.17, 15) is 4.79 Å². The van der Waals surface area contributed by atoms with Crippen molar-refractivity contribution in [3.8, 4) is 6.07 Å². The Morgan fingerprint density at radius 1 is 1.18 bits per heavy atom. The number of amides is 1. The second kappa shape index (κ2) is 8.26. The Morgan fingerprint density at radius 3 is 2.64 bits per heavy atom. The van der Waals surface area contributed by atoms with Gasteiger partial charge < -0.3 is 5.32 Å². The van der Waals surface area contributed by atoms with Crippen LogP contribution in [0.15, 0.2) is 48.5 Å². The minimum atomic E-state index is 0.0296. The van der Waals surface area contributed by atoms with Gasteiger partial charge in [0.2, 0.25) is 5.91 Å². The summed E-state index contributed by atoms with van der Waals surface area (Å²) in [5, 5.41) is 11.6. The Labute approximate surface area is 135 Å². The second-order valence-electron chi connectivity index (χ2n) is 5.07. The summed E-state index contributed by atoms with van der Waals surface area (Å²) in [7, 11) is 0. The third kappa shape index (κ3) is 5.27. The Balaban J connectivity index is 1.70. The van der Waals surface area contributed by atoms with Crippen molar-refractivity contribution in [2.24, 2.45) is 0 Å². The average Bonchev–Trinajstić information content (AvgIpc) is 2.53. The van der Waals surface area contributed by atoms with Gasteiger partial charge in [-0.15, -0.1) is 11.8 Å². The zero-order chi connectivity index (χ0) is 15.8. The van der Waals surface area contributed by atoms with Gasteiger partial charge in [0.05, 0.1) is 17.4 Å². The largest absolute Gasteiger partial charge is 0.351 e. The molecule has 0 fully saturated rings. The number of hydrogen-bond donors (Lipinski definition) is 1. The van der Waals surface area contributed by atoms with E-state index >= 15 is 0 Å². The highest BCUT2D eigenvalue weighted by molar-refractivity contribution is 7.99. The molecule has 1 N–H and O–H groups in total. The highest BCUT2D eigenvalue weighted by Crippen LogP contribution is 2.13. The van der Waals surface area contributed by atoms with Crippen LogP contribution >= 0.6 is 11.8 Å². The van der Waals surface area contributed by atoms with E-state index in [1.165, 1.54) is 11.1 Å². The number of thioether (sulfide) groups is 1. The first-order valence-electron chi connectivity index (χ1n) is 7.06. The van der Waals surface area contributed by atoms with Crippen LogP contribution in [0, 0.1) is 18.3 Å². The van der Waals surface area contributed by atoms with Crippen molar-refractivity contribution in [2.45, 2.75) is 19.2 Å². The zero-order valence-electron chi connectivity index (χ0n) is 12.5. The molecule has 0 unspecified atom stereocenters. The SMILES string of the molecule is Cc1cccc(CSCC(=O)NCc2ccc(C#N)cc2)c1. The van der Waals surface area contributed by atoms with Crippen molar-refractivity contribution < 1.29 is 4.79 Å². The lowest BCUT2D eigenvalue weighted by Crippen LogP contribution is -2.24. The summed E-state index contributed by atoms with van der Waals surface area (Å²) in [5.41, 5.74) is 4.10. The number of aryl methyl sites for hydroxylation is 1. The van der Waals surface area contributed by atoms with Crippen molar-refractivity contribution in [3.63, 3.8) is 0 Å². The molecule has 0 heterocycles. The van der Waals surface area contributed by atoms with Crippen LogP contribution in [0.1, 0.15) is 22.3 Å². The lowest BCUT2D eigenvalue weighted by molar-refractivity contribution is -0.118. The summed E-state index contributed by atoms with van der Waals surface area (Å²) in [6.07, 6.45) is 0. The van der Waals surface area contributed by atoms with E-state index in [-0.39, 0.29) is 5.91 Å². The Bertz CT molecular complexity index is 674. The van der Waals surface area contributed by atoms with E-state index in [2.05, 4.69) is 36.5 Å². The molecule has 0 aliphatic heterocycles. The second-order valence-corrected chi connectivity index (χ2v) is 6.05. The maximum absolute atomic E-state index is 11.8. The predicted octanol–water partition coefficient (Wildman–Crippen LogP) is 3.42. The first-order chi connectivity index (χ1) is 10.7. The van der Waals surface area contributed by atoms with Crippen LogP contribution in [-0.4, -0.2) is 11.7 Å². The minimum Gasteiger partial charge on any atom is -0.351 e. The van der Waals surface area contributed by atoms with Crippen LogP contribution in [0.4, 0.5) is 0 Å². The quantitative estimate of drug-likeness (QED) is 0.889. The number of nitrogens with one attached hydrogen (secondary N) is 1. The molecule has 4 heteroatoms. The molecule has 2 aromatic rings. The van der Waals surface area contributed by atoms with Gasteiger partial charge in [-0.05, 0) is 30.2 Å². The van der Waals surface area contributed by atoms with Crippen molar-refractivity contribution in [2.75, 3.05) is 5.75 Å². The summed E-state index contributed by atoms with van der Waals surface area (Å²) in [6.45, 7) is 2.56. The smallest absolute Gasteiger partial charge is 0.230 e. The van der Waals surface area contributed by atoms with E-state index in [0.29, 0.717) is 17.9 Å². The molecule has 0 aliphatic rings. The molecule has 2 rings (SSSR count). The highest BCUT2D eigenvalue weighted by Gasteiger charge is 2.02. The molecule has 112 valence electrons. The van der Waals surface area contributed by atoms with Crippen LogP contribution in [0.25, 0.3) is 0 Å². The molecule has 3 nitrogen and oxygen atoms in total. The Morgan fingerprint density at radius 2 is 1.95 bits per heavy atom. The minimum absolute atomic E-state index is 0.0296. The van der Waals surface area contributed by atoms with Crippen LogP contribution < -0.4 is 5.32 Å². The van der Waals surface area contributed by atoms with E-state index in [1.54, 1.807) is 23.9 Å². The van der Waals surface area contributed by atoms with Gasteiger partial charge in [-0.25, -0.2) is 0 Å². The lowest BCUT2D eigenvalue weighted by Gasteiger charge is -2.06. The Kier molecular flexibility index (Phi) is 6.05. The molecule has 0 saturated carbocycles. The van der Waals surface area contributed by atoms with Gasteiger partial charge in [-0.2, -0.15) is 5.26 Å². The fraction of sp³-hybridized carbons (Fsp3) is 0.222. The van der Waals surface area contributed by atoms with Gasteiger partial charge in [0, 0.05) is 12.3 Å². The molecular formula is C18H18N2OS. The van der Waals surface area contributed by atoms with Crippen LogP contribution in [-0.2, 0) is 17.1 Å².